The second kappa shape index (κ2) is 7.16. The smallest absolute Gasteiger partial charge is 0.227 e. The summed E-state index contributed by atoms with van der Waals surface area (Å²) in [5.74, 6) is 2.03. The molecule has 1 aromatic carbocycles. The number of rotatable bonds is 5. The molecule has 0 aromatic heterocycles. The van der Waals surface area contributed by atoms with Crippen LogP contribution in [0.3, 0.4) is 0 Å². The van der Waals surface area contributed by atoms with Crippen molar-refractivity contribution in [3.05, 3.63) is 28.8 Å². The van der Waals surface area contributed by atoms with Gasteiger partial charge in [0.15, 0.2) is 0 Å². The van der Waals surface area contributed by atoms with Gasteiger partial charge in [-0.2, -0.15) is 0 Å². The van der Waals surface area contributed by atoms with Crippen LogP contribution in [0.1, 0.15) is 37.7 Å². The predicted octanol–water partition coefficient (Wildman–Crippen LogP) is 3.57. The minimum Gasteiger partial charge on any atom is -0.495 e. The molecule has 2 atom stereocenters. The molecule has 136 valence electrons. The van der Waals surface area contributed by atoms with E-state index in [1.807, 2.05) is 12.1 Å². The van der Waals surface area contributed by atoms with Gasteiger partial charge in [-0.1, -0.05) is 24.1 Å². The molecule has 1 aliphatic carbocycles. The van der Waals surface area contributed by atoms with Gasteiger partial charge in [0, 0.05) is 32.2 Å². The summed E-state index contributed by atoms with van der Waals surface area (Å²) in [6.45, 7) is 3.70. The van der Waals surface area contributed by atoms with Crippen molar-refractivity contribution >= 4 is 17.5 Å². The summed E-state index contributed by atoms with van der Waals surface area (Å²) in [6, 6.07) is 6.38. The van der Waals surface area contributed by atoms with Crippen molar-refractivity contribution in [3.8, 4) is 5.75 Å². The minimum atomic E-state index is 0.174. The van der Waals surface area contributed by atoms with E-state index in [1.165, 1.54) is 24.8 Å². The average molecular weight is 363 g/mol. The van der Waals surface area contributed by atoms with Gasteiger partial charge < -0.3 is 9.64 Å². The van der Waals surface area contributed by atoms with E-state index in [0.717, 1.165) is 44.9 Å². The van der Waals surface area contributed by atoms with Crippen molar-refractivity contribution in [1.29, 1.82) is 0 Å². The van der Waals surface area contributed by atoms with Crippen LogP contribution in [0.15, 0.2) is 18.2 Å². The Morgan fingerprint density at radius 3 is 2.72 bits per heavy atom. The minimum absolute atomic E-state index is 0.174. The van der Waals surface area contributed by atoms with E-state index >= 15 is 0 Å². The van der Waals surface area contributed by atoms with Gasteiger partial charge in [-0.15, -0.1) is 0 Å². The molecule has 0 spiro atoms. The van der Waals surface area contributed by atoms with E-state index in [2.05, 4.69) is 15.9 Å². The molecule has 4 aliphatic rings. The third-order valence-corrected chi connectivity index (χ3v) is 6.47. The maximum Gasteiger partial charge on any atom is 0.227 e. The molecule has 1 saturated carbocycles. The Kier molecular flexibility index (Phi) is 4.92. The molecular formula is C20H27ClN2O2. The van der Waals surface area contributed by atoms with Gasteiger partial charge in [0.05, 0.1) is 18.1 Å². The third-order valence-electron chi connectivity index (χ3n) is 6.17. The van der Waals surface area contributed by atoms with Crippen LogP contribution in [0.25, 0.3) is 0 Å². The number of benzene rings is 1. The third kappa shape index (κ3) is 3.52. The second-order valence-electron chi connectivity index (χ2n) is 7.88. The van der Waals surface area contributed by atoms with Gasteiger partial charge in [0.2, 0.25) is 5.91 Å². The molecule has 5 rings (SSSR count). The zero-order valence-electron chi connectivity index (χ0n) is 14.9. The fraction of sp³-hybridized carbons (Fsp3) is 0.650. The molecule has 4 nitrogen and oxygen atoms in total. The first-order valence-electron chi connectivity index (χ1n) is 9.49. The SMILES string of the molecule is COc1ccc(CN2C[C@@H]3CC[C@H](C2)N(CC2CCC2)C3=O)cc1Cl. The molecule has 3 aliphatic heterocycles. The number of fused-ring (bicyclic) bond motifs is 4. The van der Waals surface area contributed by atoms with Crippen molar-refractivity contribution in [2.24, 2.45) is 11.8 Å². The lowest BCUT2D eigenvalue weighted by Gasteiger charge is -2.40. The summed E-state index contributed by atoms with van der Waals surface area (Å²) in [5.41, 5.74) is 1.19. The lowest BCUT2D eigenvalue weighted by atomic mass is 9.83. The van der Waals surface area contributed by atoms with Gasteiger partial charge in [0.1, 0.15) is 5.75 Å². The van der Waals surface area contributed by atoms with E-state index in [-0.39, 0.29) is 5.92 Å². The largest absolute Gasteiger partial charge is 0.495 e. The summed E-state index contributed by atoms with van der Waals surface area (Å²) >= 11 is 6.27. The summed E-state index contributed by atoms with van der Waals surface area (Å²) in [6.07, 6.45) is 6.14. The van der Waals surface area contributed by atoms with Gasteiger partial charge >= 0.3 is 0 Å². The molecule has 25 heavy (non-hydrogen) atoms. The number of hydrogen-bond acceptors (Lipinski definition) is 3. The molecular weight excluding hydrogens is 336 g/mol. The van der Waals surface area contributed by atoms with E-state index in [4.69, 9.17) is 16.3 Å². The maximum atomic E-state index is 12.9. The number of amides is 1. The summed E-state index contributed by atoms with van der Waals surface area (Å²) in [5, 5.41) is 0.653. The lowest BCUT2D eigenvalue weighted by molar-refractivity contribution is -0.141. The quantitative estimate of drug-likeness (QED) is 0.802. The summed E-state index contributed by atoms with van der Waals surface area (Å²) in [7, 11) is 1.63. The molecule has 0 unspecified atom stereocenters. The number of nitrogens with zero attached hydrogens (tertiary/aromatic N) is 2. The van der Waals surface area contributed by atoms with Crippen molar-refractivity contribution in [3.63, 3.8) is 0 Å². The topological polar surface area (TPSA) is 32.8 Å². The lowest BCUT2D eigenvalue weighted by Crippen LogP contribution is -2.50. The van der Waals surface area contributed by atoms with Crippen molar-refractivity contribution in [2.75, 3.05) is 26.7 Å². The highest BCUT2D eigenvalue weighted by Gasteiger charge is 2.41. The first-order valence-corrected chi connectivity index (χ1v) is 9.87. The Labute approximate surface area is 155 Å². The fourth-order valence-electron chi connectivity index (χ4n) is 4.52. The number of halogens is 1. The van der Waals surface area contributed by atoms with Crippen molar-refractivity contribution in [2.45, 2.75) is 44.7 Å². The number of carbonyl (C=O) groups is 1. The zero-order valence-corrected chi connectivity index (χ0v) is 15.7. The number of carbonyl (C=O) groups excluding carboxylic acids is 1. The number of methoxy groups -OCH3 is 1. The number of piperidine rings is 1. The molecule has 4 fully saturated rings. The average Bonchev–Trinajstić information content (AvgIpc) is 2.82. The van der Waals surface area contributed by atoms with Crippen LogP contribution in [-0.4, -0.2) is 48.5 Å². The van der Waals surface area contributed by atoms with Gasteiger partial charge in [0.25, 0.3) is 0 Å². The van der Waals surface area contributed by atoms with Crippen LogP contribution < -0.4 is 4.74 Å². The van der Waals surface area contributed by atoms with Crippen LogP contribution in [0, 0.1) is 11.8 Å². The molecule has 0 N–H and O–H groups in total. The van der Waals surface area contributed by atoms with Crippen LogP contribution in [-0.2, 0) is 11.3 Å². The van der Waals surface area contributed by atoms with E-state index < -0.39 is 0 Å². The highest BCUT2D eigenvalue weighted by molar-refractivity contribution is 6.32. The molecule has 5 heteroatoms. The van der Waals surface area contributed by atoms with Gasteiger partial charge in [-0.25, -0.2) is 0 Å². The Balaban J connectivity index is 1.45. The highest BCUT2D eigenvalue weighted by atomic mass is 35.5. The molecule has 0 radical (unpaired) electrons. The fourth-order valence-corrected chi connectivity index (χ4v) is 4.80. The molecule has 2 bridgehead atoms. The molecule has 3 saturated heterocycles. The van der Waals surface area contributed by atoms with Crippen LogP contribution >= 0.6 is 11.6 Å². The monoisotopic (exact) mass is 362 g/mol. The maximum absolute atomic E-state index is 12.9. The normalized spacial score (nSPS) is 27.3. The van der Waals surface area contributed by atoms with E-state index in [1.54, 1.807) is 7.11 Å². The van der Waals surface area contributed by atoms with Gasteiger partial charge in [-0.05, 0) is 49.3 Å². The highest BCUT2D eigenvalue weighted by Crippen LogP contribution is 2.34. The summed E-state index contributed by atoms with van der Waals surface area (Å²) in [4.78, 5) is 17.5. The zero-order chi connectivity index (χ0) is 17.4. The Bertz CT molecular complexity index is 647. The Morgan fingerprint density at radius 2 is 2.04 bits per heavy atom. The predicted molar refractivity (Wildman–Crippen MR) is 98.8 cm³/mol. The first kappa shape index (κ1) is 17.2. The Morgan fingerprint density at radius 1 is 1.20 bits per heavy atom. The first-order chi connectivity index (χ1) is 12.1. The standard InChI is InChI=1S/C20H27ClN2O2/c1-25-19-8-5-15(9-18(19)21)10-22-12-16-6-7-17(13-22)23(20(16)24)11-14-3-2-4-14/h5,8-9,14,16-17H,2-4,6-7,10-13H2,1H3/t16-,17+/m0/s1. The van der Waals surface area contributed by atoms with Crippen molar-refractivity contribution < 1.29 is 9.53 Å². The van der Waals surface area contributed by atoms with Crippen LogP contribution in [0.5, 0.6) is 5.75 Å². The van der Waals surface area contributed by atoms with Crippen LogP contribution in [0.2, 0.25) is 5.02 Å². The number of hydrogen-bond donors (Lipinski definition) is 0. The van der Waals surface area contributed by atoms with Crippen molar-refractivity contribution in [1.82, 2.24) is 9.80 Å². The molecule has 1 aromatic rings. The molecule has 3 heterocycles. The second-order valence-corrected chi connectivity index (χ2v) is 8.29. The van der Waals surface area contributed by atoms with E-state index in [9.17, 15) is 4.79 Å². The summed E-state index contributed by atoms with van der Waals surface area (Å²) < 4.78 is 5.24. The van der Waals surface area contributed by atoms with E-state index in [0.29, 0.717) is 22.7 Å². The molecule has 1 amide bonds. The van der Waals surface area contributed by atoms with Gasteiger partial charge in [-0.3, -0.25) is 9.69 Å². The Hall–Kier alpha value is -1.26. The van der Waals surface area contributed by atoms with Crippen LogP contribution in [0.4, 0.5) is 0 Å². The number of ether oxygens (including phenoxy) is 1.